The fourth-order valence-corrected chi connectivity index (χ4v) is 1.61. The molecule has 0 aliphatic heterocycles. The van der Waals surface area contributed by atoms with Gasteiger partial charge in [0.05, 0.1) is 6.33 Å². The second kappa shape index (κ2) is 5.34. The Hall–Kier alpha value is -2.63. The summed E-state index contributed by atoms with van der Waals surface area (Å²) in [7, 11) is 0. The number of carbonyl (C=O) groups is 1. The number of nitrogens with one attached hydrogen (secondary N) is 1. The van der Waals surface area contributed by atoms with Gasteiger partial charge in [0.1, 0.15) is 6.54 Å². The molecule has 0 fully saturated rings. The number of nitrogen functional groups attached to an aromatic ring is 1. The summed E-state index contributed by atoms with van der Waals surface area (Å²) in [6, 6.07) is 8.22. The molecule has 2 aromatic rings. The molecule has 1 aromatic carbocycles. The molecule has 98 valence electrons. The van der Waals surface area contributed by atoms with E-state index in [1.54, 1.807) is 31.2 Å². The van der Waals surface area contributed by atoms with Crippen molar-refractivity contribution < 1.29 is 4.79 Å². The fraction of sp³-hybridized carbons (Fsp3) is 0.154. The average Bonchev–Trinajstić information content (AvgIpc) is 2.33. The minimum Gasteiger partial charge on any atom is -0.399 e. The lowest BCUT2D eigenvalue weighted by Crippen LogP contribution is -2.27. The smallest absolute Gasteiger partial charge is 0.253 e. The van der Waals surface area contributed by atoms with Crippen LogP contribution in [0.5, 0.6) is 0 Å². The van der Waals surface area contributed by atoms with Crippen molar-refractivity contribution in [2.45, 2.75) is 13.5 Å². The summed E-state index contributed by atoms with van der Waals surface area (Å²) in [6.45, 7) is 1.64. The van der Waals surface area contributed by atoms with Crippen LogP contribution in [-0.4, -0.2) is 15.5 Å². The minimum atomic E-state index is -0.307. The number of aromatic nitrogens is 2. The van der Waals surface area contributed by atoms with Crippen LogP contribution in [0, 0.1) is 6.92 Å². The predicted molar refractivity (Wildman–Crippen MR) is 72.7 cm³/mol. The number of hydrogen-bond donors (Lipinski definition) is 2. The average molecular weight is 258 g/mol. The molecule has 19 heavy (non-hydrogen) atoms. The molecule has 0 unspecified atom stereocenters. The third kappa shape index (κ3) is 3.41. The van der Waals surface area contributed by atoms with Gasteiger partial charge < -0.3 is 11.1 Å². The van der Waals surface area contributed by atoms with Crippen molar-refractivity contribution in [3.63, 3.8) is 0 Å². The van der Waals surface area contributed by atoms with E-state index in [0.717, 1.165) is 0 Å². The summed E-state index contributed by atoms with van der Waals surface area (Å²) in [5.74, 6) is -0.307. The number of carbonyl (C=O) groups excluding carboxylic acids is 1. The third-order valence-corrected chi connectivity index (χ3v) is 2.50. The monoisotopic (exact) mass is 258 g/mol. The number of benzene rings is 1. The van der Waals surface area contributed by atoms with Gasteiger partial charge in [0.15, 0.2) is 0 Å². The largest absolute Gasteiger partial charge is 0.399 e. The maximum Gasteiger partial charge on any atom is 0.253 e. The van der Waals surface area contributed by atoms with Crippen molar-refractivity contribution in [3.05, 3.63) is 52.7 Å². The quantitative estimate of drug-likeness (QED) is 0.796. The Labute approximate surface area is 109 Å². The van der Waals surface area contributed by atoms with Crippen LogP contribution in [0.3, 0.4) is 0 Å². The zero-order valence-corrected chi connectivity index (χ0v) is 10.5. The van der Waals surface area contributed by atoms with Gasteiger partial charge in [0.25, 0.3) is 5.56 Å². The molecular weight excluding hydrogens is 244 g/mol. The minimum absolute atomic E-state index is 0.0824. The second-order valence-electron chi connectivity index (χ2n) is 4.17. The molecule has 0 saturated carbocycles. The molecule has 0 radical (unpaired) electrons. The molecule has 0 bridgehead atoms. The first-order chi connectivity index (χ1) is 9.04. The molecule has 3 N–H and O–H groups in total. The van der Waals surface area contributed by atoms with Crippen LogP contribution in [0.2, 0.25) is 0 Å². The van der Waals surface area contributed by atoms with Crippen molar-refractivity contribution in [2.24, 2.45) is 0 Å². The molecule has 1 amide bonds. The number of amides is 1. The molecule has 1 aromatic heterocycles. The highest BCUT2D eigenvalue weighted by molar-refractivity contribution is 5.90. The Balaban J connectivity index is 2.07. The number of aryl methyl sites for hydroxylation is 1. The number of hydrogen-bond acceptors (Lipinski definition) is 4. The first kappa shape index (κ1) is 12.8. The van der Waals surface area contributed by atoms with Gasteiger partial charge in [-0.2, -0.15) is 0 Å². The van der Waals surface area contributed by atoms with E-state index >= 15 is 0 Å². The van der Waals surface area contributed by atoms with E-state index in [-0.39, 0.29) is 18.0 Å². The Kier molecular flexibility index (Phi) is 3.61. The number of rotatable bonds is 3. The van der Waals surface area contributed by atoms with E-state index in [0.29, 0.717) is 17.1 Å². The zero-order chi connectivity index (χ0) is 13.8. The molecule has 1 heterocycles. The highest BCUT2D eigenvalue weighted by Crippen LogP contribution is 2.11. The molecule has 0 aliphatic rings. The van der Waals surface area contributed by atoms with Crippen molar-refractivity contribution in [1.29, 1.82) is 0 Å². The van der Waals surface area contributed by atoms with Gasteiger partial charge in [-0.15, -0.1) is 0 Å². The maximum absolute atomic E-state index is 11.8. The standard InChI is InChI=1S/C13H14N4O2/c1-9-5-13(19)17(8-15-9)7-12(18)16-11-4-2-3-10(14)6-11/h2-6,8H,7,14H2,1H3,(H,16,18). The van der Waals surface area contributed by atoms with Gasteiger partial charge in [-0.3, -0.25) is 14.2 Å². The molecule has 6 nitrogen and oxygen atoms in total. The lowest BCUT2D eigenvalue weighted by Gasteiger charge is -2.07. The van der Waals surface area contributed by atoms with Crippen molar-refractivity contribution in [1.82, 2.24) is 9.55 Å². The Morgan fingerprint density at radius 3 is 2.89 bits per heavy atom. The lowest BCUT2D eigenvalue weighted by atomic mass is 10.3. The summed E-state index contributed by atoms with van der Waals surface area (Å²) >= 11 is 0. The van der Waals surface area contributed by atoms with E-state index in [4.69, 9.17) is 5.73 Å². The molecule has 0 atom stereocenters. The van der Waals surface area contributed by atoms with Gasteiger partial charge >= 0.3 is 0 Å². The summed E-state index contributed by atoms with van der Waals surface area (Å²) in [4.78, 5) is 27.4. The third-order valence-electron chi connectivity index (χ3n) is 2.50. The number of nitrogens with two attached hydrogens (primary N) is 1. The summed E-state index contributed by atoms with van der Waals surface area (Å²) in [6.07, 6.45) is 1.36. The SMILES string of the molecule is Cc1cc(=O)n(CC(=O)Nc2cccc(N)c2)cn1. The van der Waals surface area contributed by atoms with Gasteiger partial charge in [-0.25, -0.2) is 4.98 Å². The lowest BCUT2D eigenvalue weighted by molar-refractivity contribution is -0.116. The van der Waals surface area contributed by atoms with E-state index < -0.39 is 0 Å². The normalized spacial score (nSPS) is 10.2. The molecule has 0 aliphatic carbocycles. The highest BCUT2D eigenvalue weighted by Gasteiger charge is 2.05. The molecular formula is C13H14N4O2. The van der Waals surface area contributed by atoms with Crippen molar-refractivity contribution in [3.8, 4) is 0 Å². The summed E-state index contributed by atoms with van der Waals surface area (Å²) < 4.78 is 1.24. The van der Waals surface area contributed by atoms with E-state index in [9.17, 15) is 9.59 Å². The van der Waals surface area contributed by atoms with Gasteiger partial charge in [0.2, 0.25) is 5.91 Å². The van der Waals surface area contributed by atoms with Gasteiger partial charge in [-0.1, -0.05) is 6.07 Å². The Bertz CT molecular complexity index is 664. The number of anilines is 2. The molecule has 0 spiro atoms. The van der Waals surface area contributed by atoms with Gasteiger partial charge in [-0.05, 0) is 25.1 Å². The second-order valence-corrected chi connectivity index (χ2v) is 4.17. The van der Waals surface area contributed by atoms with E-state index in [2.05, 4.69) is 10.3 Å². The highest BCUT2D eigenvalue weighted by atomic mass is 16.2. The van der Waals surface area contributed by atoms with Crippen LogP contribution in [-0.2, 0) is 11.3 Å². The van der Waals surface area contributed by atoms with Crippen LogP contribution in [0.15, 0.2) is 41.5 Å². The van der Waals surface area contributed by atoms with Crippen LogP contribution in [0.4, 0.5) is 11.4 Å². The van der Waals surface area contributed by atoms with Crippen LogP contribution in [0.25, 0.3) is 0 Å². The van der Waals surface area contributed by atoms with Crippen molar-refractivity contribution in [2.75, 3.05) is 11.1 Å². The van der Waals surface area contributed by atoms with Crippen LogP contribution < -0.4 is 16.6 Å². The summed E-state index contributed by atoms with van der Waals surface area (Å²) in [5.41, 5.74) is 7.14. The van der Waals surface area contributed by atoms with Crippen LogP contribution in [0.1, 0.15) is 5.69 Å². The molecule has 0 saturated heterocycles. The van der Waals surface area contributed by atoms with Crippen LogP contribution >= 0.6 is 0 Å². The zero-order valence-electron chi connectivity index (χ0n) is 10.5. The van der Waals surface area contributed by atoms with E-state index in [1.807, 2.05) is 0 Å². The maximum atomic E-state index is 11.8. The first-order valence-electron chi connectivity index (χ1n) is 5.73. The molecule has 2 rings (SSSR count). The number of nitrogens with zero attached hydrogens (tertiary/aromatic N) is 2. The summed E-state index contributed by atoms with van der Waals surface area (Å²) in [5, 5.41) is 2.67. The van der Waals surface area contributed by atoms with Crippen molar-refractivity contribution >= 4 is 17.3 Å². The molecule has 6 heteroatoms. The Morgan fingerprint density at radius 1 is 1.42 bits per heavy atom. The fourth-order valence-electron chi connectivity index (χ4n) is 1.61. The Morgan fingerprint density at radius 2 is 2.21 bits per heavy atom. The first-order valence-corrected chi connectivity index (χ1v) is 5.73. The predicted octanol–water partition coefficient (Wildman–Crippen LogP) is 0.773. The topological polar surface area (TPSA) is 90.0 Å². The van der Waals surface area contributed by atoms with Gasteiger partial charge in [0, 0.05) is 23.1 Å². The van der Waals surface area contributed by atoms with E-state index in [1.165, 1.54) is 17.0 Å².